The second-order valence-corrected chi connectivity index (χ2v) is 5.75. The van der Waals surface area contributed by atoms with Crippen LogP contribution in [-0.2, 0) is 11.2 Å². The van der Waals surface area contributed by atoms with Gasteiger partial charge in [-0.05, 0) is 25.1 Å². The molecule has 0 aliphatic heterocycles. The number of carbonyl (C=O) groups excluding carboxylic acids is 1. The van der Waals surface area contributed by atoms with Crippen molar-refractivity contribution in [3.63, 3.8) is 0 Å². The van der Waals surface area contributed by atoms with Crippen molar-refractivity contribution in [2.75, 3.05) is 19.7 Å². The summed E-state index contributed by atoms with van der Waals surface area (Å²) >= 11 is 1.57. The maximum atomic E-state index is 12.6. The molecule has 1 N–H and O–H groups in total. The molecule has 2 rings (SSSR count). The molecule has 2 aromatic rings. The van der Waals surface area contributed by atoms with Crippen molar-refractivity contribution in [2.24, 2.45) is 0 Å². The molecule has 1 amide bonds. The lowest BCUT2D eigenvalue weighted by Gasteiger charge is -2.20. The summed E-state index contributed by atoms with van der Waals surface area (Å²) < 4.78 is 5.11. The van der Waals surface area contributed by atoms with E-state index < -0.39 is 12.6 Å². The standard InChI is InChI=1S/C16H18N2O4S/c1-2-18(8-6-14-17-7-9-23-14)16(21)12-4-3-5-13(10-12)22-11-15(19)20/h3-5,7,9-10H,2,6,8,11H2,1H3,(H,19,20). The third-order valence-corrected chi connectivity index (χ3v) is 4.03. The Kier molecular flexibility index (Phi) is 6.10. The number of benzene rings is 1. The molecular weight excluding hydrogens is 316 g/mol. The maximum absolute atomic E-state index is 12.6. The summed E-state index contributed by atoms with van der Waals surface area (Å²) in [5.74, 6) is -0.792. The number of aliphatic carboxylic acids is 1. The summed E-state index contributed by atoms with van der Waals surface area (Å²) in [7, 11) is 0. The number of hydrogen-bond donors (Lipinski definition) is 1. The van der Waals surface area contributed by atoms with Crippen LogP contribution >= 0.6 is 11.3 Å². The fourth-order valence-corrected chi connectivity index (χ4v) is 2.67. The number of ether oxygens (including phenoxy) is 1. The molecular formula is C16H18N2O4S. The van der Waals surface area contributed by atoms with E-state index in [1.54, 1.807) is 46.7 Å². The van der Waals surface area contributed by atoms with Crippen molar-refractivity contribution >= 4 is 23.2 Å². The lowest BCUT2D eigenvalue weighted by Crippen LogP contribution is -2.32. The molecule has 0 aliphatic carbocycles. The van der Waals surface area contributed by atoms with Crippen molar-refractivity contribution < 1.29 is 19.4 Å². The van der Waals surface area contributed by atoms with Crippen LogP contribution in [0.4, 0.5) is 0 Å². The van der Waals surface area contributed by atoms with Crippen molar-refractivity contribution in [1.29, 1.82) is 0 Å². The molecule has 122 valence electrons. The molecule has 6 nitrogen and oxygen atoms in total. The number of hydrogen-bond acceptors (Lipinski definition) is 5. The topological polar surface area (TPSA) is 79.7 Å². The summed E-state index contributed by atoms with van der Waals surface area (Å²) in [5, 5.41) is 11.5. The Labute approximate surface area is 138 Å². The van der Waals surface area contributed by atoms with Gasteiger partial charge in [-0.15, -0.1) is 11.3 Å². The van der Waals surface area contributed by atoms with Crippen molar-refractivity contribution in [3.8, 4) is 5.75 Å². The smallest absolute Gasteiger partial charge is 0.341 e. The van der Waals surface area contributed by atoms with Crippen molar-refractivity contribution in [1.82, 2.24) is 9.88 Å². The summed E-state index contributed by atoms with van der Waals surface area (Å²) in [6.07, 6.45) is 2.47. The first-order valence-electron chi connectivity index (χ1n) is 7.22. The highest BCUT2D eigenvalue weighted by Crippen LogP contribution is 2.16. The highest BCUT2D eigenvalue weighted by atomic mass is 32.1. The molecule has 1 aromatic carbocycles. The van der Waals surface area contributed by atoms with Crippen LogP contribution in [0.25, 0.3) is 0 Å². The first-order valence-corrected chi connectivity index (χ1v) is 8.10. The zero-order chi connectivity index (χ0) is 16.7. The Balaban J connectivity index is 2.01. The van der Waals surface area contributed by atoms with Gasteiger partial charge in [0.15, 0.2) is 6.61 Å². The van der Waals surface area contributed by atoms with Crippen LogP contribution in [0, 0.1) is 0 Å². The van der Waals surface area contributed by atoms with E-state index in [-0.39, 0.29) is 5.91 Å². The Morgan fingerprint density at radius 2 is 2.22 bits per heavy atom. The van der Waals surface area contributed by atoms with Gasteiger partial charge in [-0.2, -0.15) is 0 Å². The zero-order valence-corrected chi connectivity index (χ0v) is 13.6. The quantitative estimate of drug-likeness (QED) is 0.801. The van der Waals surface area contributed by atoms with Crippen molar-refractivity contribution in [3.05, 3.63) is 46.4 Å². The van der Waals surface area contributed by atoms with E-state index in [2.05, 4.69) is 4.98 Å². The Morgan fingerprint density at radius 1 is 1.39 bits per heavy atom. The van der Waals surface area contributed by atoms with Crippen LogP contribution in [-0.4, -0.2) is 46.6 Å². The molecule has 0 spiro atoms. The highest BCUT2D eigenvalue weighted by Gasteiger charge is 2.15. The minimum absolute atomic E-state index is 0.107. The fourth-order valence-electron chi connectivity index (χ4n) is 2.06. The largest absolute Gasteiger partial charge is 0.482 e. The number of thiazole rings is 1. The van der Waals surface area contributed by atoms with E-state index in [0.29, 0.717) is 30.8 Å². The number of carbonyl (C=O) groups is 2. The molecule has 0 unspecified atom stereocenters. The number of likely N-dealkylation sites (N-methyl/N-ethyl adjacent to an activating group) is 1. The highest BCUT2D eigenvalue weighted by molar-refractivity contribution is 7.09. The average molecular weight is 334 g/mol. The van der Waals surface area contributed by atoms with E-state index in [1.807, 2.05) is 12.3 Å². The average Bonchev–Trinajstić information content (AvgIpc) is 3.07. The van der Waals surface area contributed by atoms with Crippen LogP contribution in [0.5, 0.6) is 5.75 Å². The molecule has 0 saturated carbocycles. The predicted octanol–water partition coefficient (Wildman–Crippen LogP) is 2.31. The predicted molar refractivity (Wildman–Crippen MR) is 87.0 cm³/mol. The van der Waals surface area contributed by atoms with Gasteiger partial charge in [-0.1, -0.05) is 6.07 Å². The van der Waals surface area contributed by atoms with Crippen molar-refractivity contribution in [2.45, 2.75) is 13.3 Å². The molecule has 0 atom stereocenters. The number of carboxylic acid groups (broad SMARTS) is 1. The number of rotatable bonds is 8. The minimum Gasteiger partial charge on any atom is -0.482 e. The third-order valence-electron chi connectivity index (χ3n) is 3.19. The van der Waals surface area contributed by atoms with Crippen LogP contribution in [0.2, 0.25) is 0 Å². The first-order chi connectivity index (χ1) is 11.1. The first kappa shape index (κ1) is 17.0. The van der Waals surface area contributed by atoms with Gasteiger partial charge in [0.2, 0.25) is 0 Å². The summed E-state index contributed by atoms with van der Waals surface area (Å²) in [6, 6.07) is 6.57. The monoisotopic (exact) mass is 334 g/mol. The zero-order valence-electron chi connectivity index (χ0n) is 12.8. The van der Waals surface area contributed by atoms with Gasteiger partial charge < -0.3 is 14.7 Å². The molecule has 23 heavy (non-hydrogen) atoms. The van der Waals surface area contributed by atoms with Crippen LogP contribution in [0.1, 0.15) is 22.3 Å². The van der Waals surface area contributed by atoms with Gasteiger partial charge >= 0.3 is 5.97 Å². The Bertz CT molecular complexity index is 658. The number of nitrogens with zero attached hydrogens (tertiary/aromatic N) is 2. The lowest BCUT2D eigenvalue weighted by molar-refractivity contribution is -0.139. The van der Waals surface area contributed by atoms with E-state index in [9.17, 15) is 9.59 Å². The normalized spacial score (nSPS) is 10.3. The molecule has 7 heteroatoms. The van der Waals surface area contributed by atoms with Crippen LogP contribution < -0.4 is 4.74 Å². The second-order valence-electron chi connectivity index (χ2n) is 4.77. The maximum Gasteiger partial charge on any atom is 0.341 e. The Morgan fingerprint density at radius 3 is 2.87 bits per heavy atom. The molecule has 1 aromatic heterocycles. The van der Waals surface area contributed by atoms with Gasteiger partial charge in [-0.3, -0.25) is 4.79 Å². The van der Waals surface area contributed by atoms with Gasteiger partial charge in [0, 0.05) is 36.7 Å². The van der Waals surface area contributed by atoms with Crippen LogP contribution in [0.15, 0.2) is 35.8 Å². The molecule has 0 bridgehead atoms. The molecule has 0 aliphatic rings. The van der Waals surface area contributed by atoms with Gasteiger partial charge in [-0.25, -0.2) is 9.78 Å². The Hall–Kier alpha value is -2.41. The van der Waals surface area contributed by atoms with Gasteiger partial charge in [0.05, 0.1) is 5.01 Å². The fraction of sp³-hybridized carbons (Fsp3) is 0.312. The molecule has 1 heterocycles. The minimum atomic E-state index is -1.06. The summed E-state index contributed by atoms with van der Waals surface area (Å²) in [6.45, 7) is 2.66. The SMILES string of the molecule is CCN(CCc1nccs1)C(=O)c1cccc(OCC(=O)O)c1. The number of aromatic nitrogens is 1. The van der Waals surface area contributed by atoms with E-state index in [0.717, 1.165) is 5.01 Å². The van der Waals surface area contributed by atoms with E-state index in [4.69, 9.17) is 9.84 Å². The summed E-state index contributed by atoms with van der Waals surface area (Å²) in [5.41, 5.74) is 0.480. The third kappa shape index (κ3) is 5.07. The summed E-state index contributed by atoms with van der Waals surface area (Å²) in [4.78, 5) is 29.0. The van der Waals surface area contributed by atoms with Gasteiger partial charge in [0.1, 0.15) is 5.75 Å². The van der Waals surface area contributed by atoms with E-state index >= 15 is 0 Å². The lowest BCUT2D eigenvalue weighted by atomic mass is 10.2. The van der Waals surface area contributed by atoms with E-state index in [1.165, 1.54) is 0 Å². The van der Waals surface area contributed by atoms with Crippen LogP contribution in [0.3, 0.4) is 0 Å². The molecule has 0 fully saturated rings. The molecule has 0 saturated heterocycles. The molecule has 0 radical (unpaired) electrons. The second kappa shape index (κ2) is 8.28. The number of carboxylic acids is 1. The van der Waals surface area contributed by atoms with Gasteiger partial charge in [0.25, 0.3) is 5.91 Å². The number of amides is 1.